The highest BCUT2D eigenvalue weighted by Gasteiger charge is 2.32. The van der Waals surface area contributed by atoms with Crippen LogP contribution in [0.25, 0.3) is 0 Å². The van der Waals surface area contributed by atoms with E-state index in [9.17, 15) is 0 Å². The number of thiophene rings is 1. The van der Waals surface area contributed by atoms with E-state index in [-0.39, 0.29) is 0 Å². The molecule has 2 aromatic rings. The summed E-state index contributed by atoms with van der Waals surface area (Å²) in [6.45, 7) is 8.29. The minimum atomic E-state index is 0.294. The molecule has 0 amide bonds. The fourth-order valence-corrected chi connectivity index (χ4v) is 4.02. The van der Waals surface area contributed by atoms with E-state index in [1.807, 2.05) is 0 Å². The van der Waals surface area contributed by atoms with Gasteiger partial charge in [-0.05, 0) is 36.6 Å². The second-order valence-electron chi connectivity index (χ2n) is 6.65. The van der Waals surface area contributed by atoms with Crippen molar-refractivity contribution in [2.24, 2.45) is 5.41 Å². The van der Waals surface area contributed by atoms with Gasteiger partial charge in [-0.3, -0.25) is 4.57 Å². The van der Waals surface area contributed by atoms with Crippen LogP contribution in [-0.4, -0.2) is 41.6 Å². The number of aromatic nitrogens is 3. The van der Waals surface area contributed by atoms with Gasteiger partial charge >= 0.3 is 0 Å². The van der Waals surface area contributed by atoms with Gasteiger partial charge in [-0.15, -0.1) is 21.5 Å². The van der Waals surface area contributed by atoms with Crippen LogP contribution in [-0.2, 0) is 17.7 Å². The molecule has 1 fully saturated rings. The fraction of sp³-hybridized carbons (Fsp3) is 0.647. The second kappa shape index (κ2) is 7.01. The Morgan fingerprint density at radius 3 is 2.70 bits per heavy atom. The molecule has 0 unspecified atom stereocenters. The van der Waals surface area contributed by atoms with Crippen LogP contribution in [0.5, 0.6) is 0 Å². The van der Waals surface area contributed by atoms with Crippen molar-refractivity contribution in [3.63, 3.8) is 0 Å². The molecule has 0 N–H and O–H groups in total. The van der Waals surface area contributed by atoms with Gasteiger partial charge in [0.15, 0.2) is 0 Å². The van der Waals surface area contributed by atoms with Crippen LogP contribution in [0.3, 0.4) is 0 Å². The van der Waals surface area contributed by atoms with E-state index in [4.69, 9.17) is 4.74 Å². The molecule has 0 saturated carbocycles. The number of hydrogen-bond acceptors (Lipinski definition) is 5. The molecule has 3 heterocycles. The van der Waals surface area contributed by atoms with Crippen molar-refractivity contribution in [3.8, 4) is 0 Å². The van der Waals surface area contributed by atoms with Crippen LogP contribution in [0.4, 0.5) is 5.95 Å². The van der Waals surface area contributed by atoms with Crippen LogP contribution < -0.4 is 4.90 Å². The summed E-state index contributed by atoms with van der Waals surface area (Å²) in [4.78, 5) is 3.72. The van der Waals surface area contributed by atoms with Crippen molar-refractivity contribution in [2.75, 3.05) is 31.7 Å². The number of ether oxygens (including phenoxy) is 1. The van der Waals surface area contributed by atoms with Gasteiger partial charge in [0.1, 0.15) is 5.82 Å². The summed E-state index contributed by atoms with van der Waals surface area (Å²) < 4.78 is 7.65. The summed E-state index contributed by atoms with van der Waals surface area (Å²) in [5.74, 6) is 2.09. The maximum absolute atomic E-state index is 5.38. The number of methoxy groups -OCH3 is 1. The lowest BCUT2D eigenvalue weighted by atomic mass is 9.81. The summed E-state index contributed by atoms with van der Waals surface area (Å²) >= 11 is 1.78. The Bertz CT molecular complexity index is 615. The lowest BCUT2D eigenvalue weighted by Crippen LogP contribution is -2.42. The van der Waals surface area contributed by atoms with E-state index >= 15 is 0 Å². The number of nitrogens with zero attached hydrogens (tertiary/aromatic N) is 4. The zero-order valence-electron chi connectivity index (χ0n) is 14.3. The predicted molar refractivity (Wildman–Crippen MR) is 94.3 cm³/mol. The fourth-order valence-electron chi connectivity index (χ4n) is 3.32. The largest absolute Gasteiger partial charge is 0.384 e. The smallest absolute Gasteiger partial charge is 0.227 e. The third-order valence-corrected chi connectivity index (χ3v) is 5.66. The molecule has 1 aliphatic rings. The topological polar surface area (TPSA) is 43.2 Å². The van der Waals surface area contributed by atoms with E-state index in [1.54, 1.807) is 18.4 Å². The lowest BCUT2D eigenvalue weighted by molar-refractivity contribution is 0.0728. The van der Waals surface area contributed by atoms with Crippen LogP contribution in [0, 0.1) is 5.41 Å². The summed E-state index contributed by atoms with van der Waals surface area (Å²) in [5.41, 5.74) is 0.294. The Morgan fingerprint density at radius 1 is 1.30 bits per heavy atom. The van der Waals surface area contributed by atoms with E-state index in [2.05, 4.69) is 51.0 Å². The summed E-state index contributed by atoms with van der Waals surface area (Å²) in [5, 5.41) is 11.1. The van der Waals surface area contributed by atoms with Crippen molar-refractivity contribution in [1.29, 1.82) is 0 Å². The van der Waals surface area contributed by atoms with Gasteiger partial charge in [-0.2, -0.15) is 0 Å². The number of anilines is 1. The molecule has 23 heavy (non-hydrogen) atoms. The highest BCUT2D eigenvalue weighted by molar-refractivity contribution is 7.09. The molecule has 5 nitrogen and oxygen atoms in total. The molecule has 3 rings (SSSR count). The third kappa shape index (κ3) is 3.58. The first-order valence-corrected chi connectivity index (χ1v) is 9.21. The van der Waals surface area contributed by atoms with Crippen LogP contribution in [0.2, 0.25) is 0 Å². The van der Waals surface area contributed by atoms with Crippen LogP contribution >= 0.6 is 11.3 Å². The molecule has 126 valence electrons. The maximum Gasteiger partial charge on any atom is 0.227 e. The summed E-state index contributed by atoms with van der Waals surface area (Å²) in [7, 11) is 1.79. The van der Waals surface area contributed by atoms with E-state index in [0.717, 1.165) is 57.3 Å². The SMILES string of the molecule is CCn1c(Cc2cccs2)nnc1N1CCC(C)(COC)CC1. The molecule has 6 heteroatoms. The first-order valence-electron chi connectivity index (χ1n) is 8.33. The standard InChI is InChI=1S/C17H26N4OS/c1-4-21-15(12-14-6-5-11-23-14)18-19-16(21)20-9-7-17(2,8-10-20)13-22-3/h5-6,11H,4,7-10,12-13H2,1-3H3. The highest BCUT2D eigenvalue weighted by atomic mass is 32.1. The van der Waals surface area contributed by atoms with Crippen LogP contribution in [0.1, 0.15) is 37.4 Å². The Balaban J connectivity index is 1.72. The van der Waals surface area contributed by atoms with Gasteiger partial charge in [0.2, 0.25) is 5.95 Å². The normalized spacial score (nSPS) is 17.6. The van der Waals surface area contributed by atoms with E-state index in [1.165, 1.54) is 4.88 Å². The summed E-state index contributed by atoms with van der Waals surface area (Å²) in [6.07, 6.45) is 3.14. The van der Waals surface area contributed by atoms with Crippen molar-refractivity contribution in [1.82, 2.24) is 14.8 Å². The molecule has 0 bridgehead atoms. The Kier molecular flexibility index (Phi) is 5.02. The molecule has 1 aliphatic heterocycles. The van der Waals surface area contributed by atoms with Gasteiger partial charge in [0, 0.05) is 38.0 Å². The molecular weight excluding hydrogens is 308 g/mol. The average molecular weight is 334 g/mol. The maximum atomic E-state index is 5.38. The Hall–Kier alpha value is -1.40. The zero-order valence-corrected chi connectivity index (χ0v) is 15.1. The third-order valence-electron chi connectivity index (χ3n) is 4.78. The van der Waals surface area contributed by atoms with Gasteiger partial charge in [0.05, 0.1) is 6.61 Å². The van der Waals surface area contributed by atoms with Crippen molar-refractivity contribution < 1.29 is 4.74 Å². The molecule has 0 spiro atoms. The molecule has 0 aromatic carbocycles. The first kappa shape index (κ1) is 16.5. The van der Waals surface area contributed by atoms with E-state index < -0.39 is 0 Å². The quantitative estimate of drug-likeness (QED) is 0.814. The molecule has 0 atom stereocenters. The molecule has 0 radical (unpaired) electrons. The van der Waals surface area contributed by atoms with E-state index in [0.29, 0.717) is 5.41 Å². The van der Waals surface area contributed by atoms with Crippen molar-refractivity contribution in [2.45, 2.75) is 39.7 Å². The lowest BCUT2D eigenvalue weighted by Gasteiger charge is -2.39. The zero-order chi connectivity index (χ0) is 16.3. The number of hydrogen-bond donors (Lipinski definition) is 0. The molecular formula is C17H26N4OS. The predicted octanol–water partition coefficient (Wildman–Crippen LogP) is 3.20. The minimum Gasteiger partial charge on any atom is -0.384 e. The van der Waals surface area contributed by atoms with Crippen molar-refractivity contribution >= 4 is 17.3 Å². The van der Waals surface area contributed by atoms with Gasteiger partial charge < -0.3 is 9.64 Å². The van der Waals surface area contributed by atoms with Gasteiger partial charge in [-0.25, -0.2) is 0 Å². The van der Waals surface area contributed by atoms with Gasteiger partial charge in [-0.1, -0.05) is 13.0 Å². The monoisotopic (exact) mass is 334 g/mol. The molecule has 2 aromatic heterocycles. The number of piperidine rings is 1. The van der Waals surface area contributed by atoms with Crippen LogP contribution in [0.15, 0.2) is 17.5 Å². The molecule has 1 saturated heterocycles. The number of rotatable bonds is 6. The Morgan fingerprint density at radius 2 is 2.09 bits per heavy atom. The van der Waals surface area contributed by atoms with Gasteiger partial charge in [0.25, 0.3) is 0 Å². The highest BCUT2D eigenvalue weighted by Crippen LogP contribution is 2.33. The summed E-state index contributed by atoms with van der Waals surface area (Å²) in [6, 6.07) is 4.25. The first-order chi connectivity index (χ1) is 11.1. The average Bonchev–Trinajstić information content (AvgIpc) is 3.18. The Labute approximate surface area is 142 Å². The van der Waals surface area contributed by atoms with Crippen molar-refractivity contribution in [3.05, 3.63) is 28.2 Å². The minimum absolute atomic E-state index is 0.294. The molecule has 0 aliphatic carbocycles. The second-order valence-corrected chi connectivity index (χ2v) is 7.68.